The van der Waals surface area contributed by atoms with Crippen LogP contribution in [0, 0.1) is 0 Å². The maximum atomic E-state index is 12.0. The van der Waals surface area contributed by atoms with Crippen molar-refractivity contribution in [2.45, 2.75) is 4.90 Å². The van der Waals surface area contributed by atoms with Gasteiger partial charge in [0.2, 0.25) is 0 Å². The first-order chi connectivity index (χ1) is 10.0. The van der Waals surface area contributed by atoms with Crippen LogP contribution in [0.15, 0.2) is 63.0 Å². The van der Waals surface area contributed by atoms with Crippen LogP contribution in [-0.4, -0.2) is 21.7 Å². The average Bonchev–Trinajstić information content (AvgIpc) is 2.50. The van der Waals surface area contributed by atoms with E-state index in [2.05, 4.69) is 25.9 Å². The molecule has 2 rings (SSSR count). The molecule has 2 aromatic rings. The Labute approximate surface area is 131 Å². The predicted octanol–water partition coefficient (Wildman–Crippen LogP) is 2.77. The Kier molecular flexibility index (Phi) is 4.98. The molecule has 21 heavy (non-hydrogen) atoms. The fourth-order valence-electron chi connectivity index (χ4n) is 1.57. The summed E-state index contributed by atoms with van der Waals surface area (Å²) in [5, 5.41) is 3.78. The maximum Gasteiger partial charge on any atom is 0.276 e. The Bertz CT molecular complexity index is 746. The van der Waals surface area contributed by atoms with Crippen LogP contribution in [0.4, 0.5) is 0 Å². The van der Waals surface area contributed by atoms with Gasteiger partial charge in [-0.15, -0.1) is 0 Å². The van der Waals surface area contributed by atoms with E-state index in [9.17, 15) is 8.42 Å². The van der Waals surface area contributed by atoms with Crippen LogP contribution in [0.2, 0.25) is 0 Å². The van der Waals surface area contributed by atoms with Crippen LogP contribution in [-0.2, 0) is 10.0 Å². The minimum atomic E-state index is -3.65. The second kappa shape index (κ2) is 6.73. The van der Waals surface area contributed by atoms with Gasteiger partial charge >= 0.3 is 0 Å². The SMILES string of the molecule is COc1ccc(Br)c(C=NNS(=O)(=O)c2ccccc2)c1. The number of nitrogens with one attached hydrogen (secondary N) is 1. The van der Waals surface area contributed by atoms with Gasteiger partial charge in [0.05, 0.1) is 18.2 Å². The van der Waals surface area contributed by atoms with Gasteiger partial charge in [-0.1, -0.05) is 34.1 Å². The number of hydrogen-bond donors (Lipinski definition) is 1. The molecule has 0 unspecified atom stereocenters. The molecule has 0 amide bonds. The van der Waals surface area contributed by atoms with Crippen molar-refractivity contribution in [1.82, 2.24) is 4.83 Å². The molecule has 0 saturated heterocycles. The predicted molar refractivity (Wildman–Crippen MR) is 85.1 cm³/mol. The minimum absolute atomic E-state index is 0.159. The molecular formula is C14H13BrN2O3S. The molecule has 0 aliphatic carbocycles. The number of sulfonamides is 1. The second-order valence-electron chi connectivity index (χ2n) is 4.05. The molecule has 5 nitrogen and oxygen atoms in total. The Morgan fingerprint density at radius 1 is 1.19 bits per heavy atom. The topological polar surface area (TPSA) is 67.8 Å². The minimum Gasteiger partial charge on any atom is -0.497 e. The van der Waals surface area contributed by atoms with E-state index < -0.39 is 10.0 Å². The van der Waals surface area contributed by atoms with Crippen LogP contribution in [0.25, 0.3) is 0 Å². The number of hydrazone groups is 1. The summed E-state index contributed by atoms with van der Waals surface area (Å²) in [6.45, 7) is 0. The molecular weight excluding hydrogens is 356 g/mol. The lowest BCUT2D eigenvalue weighted by Gasteiger charge is -2.04. The van der Waals surface area contributed by atoms with E-state index in [0.29, 0.717) is 11.3 Å². The third kappa shape index (κ3) is 4.05. The van der Waals surface area contributed by atoms with Gasteiger partial charge in [-0.2, -0.15) is 13.5 Å². The quantitative estimate of drug-likeness (QED) is 0.651. The molecule has 7 heteroatoms. The highest BCUT2D eigenvalue weighted by Crippen LogP contribution is 2.20. The summed E-state index contributed by atoms with van der Waals surface area (Å²) in [5.74, 6) is 0.658. The van der Waals surface area contributed by atoms with Gasteiger partial charge in [0, 0.05) is 10.0 Å². The lowest BCUT2D eigenvalue weighted by Crippen LogP contribution is -2.18. The zero-order chi connectivity index (χ0) is 15.3. The molecule has 1 N–H and O–H groups in total. The molecule has 110 valence electrons. The highest BCUT2D eigenvalue weighted by Gasteiger charge is 2.11. The van der Waals surface area contributed by atoms with Crippen LogP contribution >= 0.6 is 15.9 Å². The van der Waals surface area contributed by atoms with E-state index in [4.69, 9.17) is 4.74 Å². The molecule has 0 radical (unpaired) electrons. The van der Waals surface area contributed by atoms with Gasteiger partial charge in [0.1, 0.15) is 5.75 Å². The number of hydrogen-bond acceptors (Lipinski definition) is 4. The Balaban J connectivity index is 2.16. The first-order valence-electron chi connectivity index (χ1n) is 5.96. The molecule has 0 aliphatic rings. The third-order valence-corrected chi connectivity index (χ3v) is 4.59. The number of nitrogens with zero attached hydrogens (tertiary/aromatic N) is 1. The summed E-state index contributed by atoms with van der Waals surface area (Å²) in [6.07, 6.45) is 1.41. The van der Waals surface area contributed by atoms with Crippen LogP contribution < -0.4 is 9.57 Å². The zero-order valence-corrected chi connectivity index (χ0v) is 13.6. The summed E-state index contributed by atoms with van der Waals surface area (Å²) < 4.78 is 29.8. The molecule has 0 heterocycles. The van der Waals surface area contributed by atoms with E-state index in [1.807, 2.05) is 0 Å². The van der Waals surface area contributed by atoms with Crippen molar-refractivity contribution in [3.63, 3.8) is 0 Å². The van der Waals surface area contributed by atoms with Gasteiger partial charge in [-0.05, 0) is 30.3 Å². The van der Waals surface area contributed by atoms with Gasteiger partial charge < -0.3 is 4.74 Å². The van der Waals surface area contributed by atoms with E-state index >= 15 is 0 Å². The lowest BCUT2D eigenvalue weighted by molar-refractivity contribution is 0.414. The standard InChI is InChI=1S/C14H13BrN2O3S/c1-20-12-7-8-14(15)11(9-12)10-16-17-21(18,19)13-5-3-2-4-6-13/h2-10,17H,1H3. The van der Waals surface area contributed by atoms with Crippen molar-refractivity contribution in [3.8, 4) is 5.75 Å². The molecule has 2 aromatic carbocycles. The highest BCUT2D eigenvalue weighted by molar-refractivity contribution is 9.10. The number of ether oxygens (including phenoxy) is 1. The molecule has 0 aliphatic heterocycles. The number of halogens is 1. The third-order valence-electron chi connectivity index (χ3n) is 2.63. The van der Waals surface area contributed by atoms with Crippen LogP contribution in [0.5, 0.6) is 5.75 Å². The number of benzene rings is 2. The van der Waals surface area contributed by atoms with Crippen molar-refractivity contribution < 1.29 is 13.2 Å². The van der Waals surface area contributed by atoms with Crippen molar-refractivity contribution in [3.05, 3.63) is 58.6 Å². The molecule has 0 spiro atoms. The summed E-state index contributed by atoms with van der Waals surface area (Å²) in [4.78, 5) is 2.33. The molecule has 0 bridgehead atoms. The molecule has 0 saturated carbocycles. The van der Waals surface area contributed by atoms with E-state index in [0.717, 1.165) is 4.47 Å². The second-order valence-corrected chi connectivity index (χ2v) is 6.57. The fraction of sp³-hybridized carbons (Fsp3) is 0.0714. The summed E-state index contributed by atoms with van der Waals surface area (Å²) >= 11 is 3.36. The van der Waals surface area contributed by atoms with Gasteiger partial charge in [0.25, 0.3) is 10.0 Å². The Morgan fingerprint density at radius 2 is 1.90 bits per heavy atom. The monoisotopic (exact) mass is 368 g/mol. The van der Waals surface area contributed by atoms with E-state index in [1.54, 1.807) is 43.5 Å². The van der Waals surface area contributed by atoms with Crippen molar-refractivity contribution in [2.24, 2.45) is 5.10 Å². The lowest BCUT2D eigenvalue weighted by atomic mass is 10.2. The van der Waals surface area contributed by atoms with E-state index in [1.165, 1.54) is 18.3 Å². The largest absolute Gasteiger partial charge is 0.497 e. The Hall–Kier alpha value is -1.86. The molecule has 0 atom stereocenters. The first kappa shape index (κ1) is 15.5. The number of rotatable bonds is 5. The fourth-order valence-corrected chi connectivity index (χ4v) is 2.73. The summed E-state index contributed by atoms with van der Waals surface area (Å²) in [5.41, 5.74) is 0.699. The van der Waals surface area contributed by atoms with Gasteiger partial charge in [-0.25, -0.2) is 4.83 Å². The maximum absolute atomic E-state index is 12.0. The normalized spacial score (nSPS) is 11.5. The molecule has 0 fully saturated rings. The summed E-state index contributed by atoms with van der Waals surface area (Å²) in [6, 6.07) is 13.4. The van der Waals surface area contributed by atoms with Crippen LogP contribution in [0.1, 0.15) is 5.56 Å². The van der Waals surface area contributed by atoms with Gasteiger partial charge in [0.15, 0.2) is 0 Å². The van der Waals surface area contributed by atoms with Crippen molar-refractivity contribution in [1.29, 1.82) is 0 Å². The molecule has 0 aromatic heterocycles. The number of methoxy groups -OCH3 is 1. The Morgan fingerprint density at radius 3 is 2.57 bits per heavy atom. The highest BCUT2D eigenvalue weighted by atomic mass is 79.9. The smallest absolute Gasteiger partial charge is 0.276 e. The van der Waals surface area contributed by atoms with Crippen molar-refractivity contribution >= 4 is 32.2 Å². The zero-order valence-electron chi connectivity index (χ0n) is 11.2. The first-order valence-corrected chi connectivity index (χ1v) is 8.24. The van der Waals surface area contributed by atoms with Crippen LogP contribution in [0.3, 0.4) is 0 Å². The van der Waals surface area contributed by atoms with Gasteiger partial charge in [-0.3, -0.25) is 0 Å². The van der Waals surface area contributed by atoms with E-state index in [-0.39, 0.29) is 4.90 Å². The van der Waals surface area contributed by atoms with Crippen molar-refractivity contribution in [2.75, 3.05) is 7.11 Å². The average molecular weight is 369 g/mol. The summed E-state index contributed by atoms with van der Waals surface area (Å²) in [7, 11) is -2.10.